The molecule has 0 aliphatic heterocycles. The molecule has 90 valence electrons. The molecule has 1 nitrogen and oxygen atoms in total. The first kappa shape index (κ1) is 15.4. The molecule has 0 unspecified atom stereocenters. The molecule has 0 aliphatic rings. The van der Waals surface area contributed by atoms with Crippen molar-refractivity contribution in [2.75, 3.05) is 0 Å². The van der Waals surface area contributed by atoms with Gasteiger partial charge >= 0.3 is 0 Å². The number of allylic oxidation sites excluding steroid dienone is 1. The first-order valence-electron chi connectivity index (χ1n) is 4.57. The minimum absolute atomic E-state index is 0. The van der Waals surface area contributed by atoms with Gasteiger partial charge in [-0.1, -0.05) is 17.7 Å². The van der Waals surface area contributed by atoms with E-state index in [2.05, 4.69) is 6.58 Å². The van der Waals surface area contributed by atoms with E-state index in [0.29, 0.717) is 12.8 Å². The Balaban J connectivity index is 0.00000225. The number of rotatable bonds is 4. The zero-order valence-corrected chi connectivity index (χ0v) is 10.1. The lowest BCUT2D eigenvalue weighted by Crippen LogP contribution is -2.14. The first-order chi connectivity index (χ1) is 7.06. The Hall–Kier alpha value is -0.640. The summed E-state index contributed by atoms with van der Waals surface area (Å²) in [5.41, 5.74) is 5.55. The average molecular weight is 268 g/mol. The molecular weight excluding hydrogens is 255 g/mol. The normalized spacial score (nSPS) is 11.8. The molecule has 1 rings (SSSR count). The molecule has 0 aliphatic carbocycles. The topological polar surface area (TPSA) is 26.0 Å². The highest BCUT2D eigenvalue weighted by molar-refractivity contribution is 6.30. The molecule has 0 saturated heterocycles. The molecule has 16 heavy (non-hydrogen) atoms. The Morgan fingerprint density at radius 1 is 1.38 bits per heavy atom. The smallest absolute Gasteiger partial charge is 0.132 e. The van der Waals surface area contributed by atoms with E-state index >= 15 is 0 Å². The lowest BCUT2D eigenvalue weighted by Gasteiger charge is -2.13. The molecule has 0 amide bonds. The van der Waals surface area contributed by atoms with Crippen molar-refractivity contribution < 1.29 is 8.78 Å². The van der Waals surface area contributed by atoms with Gasteiger partial charge in [-0.25, -0.2) is 8.78 Å². The van der Waals surface area contributed by atoms with Crippen LogP contribution in [0.25, 0.3) is 0 Å². The van der Waals surface area contributed by atoms with Gasteiger partial charge in [-0.3, -0.25) is 0 Å². The zero-order valence-electron chi connectivity index (χ0n) is 8.55. The molecule has 0 bridgehead atoms. The van der Waals surface area contributed by atoms with Crippen LogP contribution in [0.2, 0.25) is 5.02 Å². The SMILES string of the molecule is C=CCC[C@@H](N)c1c(F)cc(Cl)cc1F.Cl. The predicted octanol–water partition coefficient (Wildman–Crippen LogP) is 4.01. The number of halogens is 4. The minimum Gasteiger partial charge on any atom is -0.324 e. The van der Waals surface area contributed by atoms with Gasteiger partial charge in [0.2, 0.25) is 0 Å². The summed E-state index contributed by atoms with van der Waals surface area (Å²) in [6, 6.07) is 1.46. The van der Waals surface area contributed by atoms with Crippen LogP contribution >= 0.6 is 24.0 Å². The highest BCUT2D eigenvalue weighted by atomic mass is 35.5. The fourth-order valence-corrected chi connectivity index (χ4v) is 1.54. The van der Waals surface area contributed by atoms with E-state index in [-0.39, 0.29) is 23.0 Å². The summed E-state index contributed by atoms with van der Waals surface area (Å²) in [6.45, 7) is 3.52. The second-order valence-electron chi connectivity index (χ2n) is 3.26. The van der Waals surface area contributed by atoms with Crippen LogP contribution in [0.3, 0.4) is 0 Å². The van der Waals surface area contributed by atoms with Gasteiger partial charge in [-0.05, 0) is 25.0 Å². The van der Waals surface area contributed by atoms with E-state index in [4.69, 9.17) is 17.3 Å². The summed E-state index contributed by atoms with van der Waals surface area (Å²) in [4.78, 5) is 0. The van der Waals surface area contributed by atoms with Crippen LogP contribution in [0.1, 0.15) is 24.4 Å². The summed E-state index contributed by atoms with van der Waals surface area (Å²) in [7, 11) is 0. The molecule has 1 atom stereocenters. The Morgan fingerprint density at radius 3 is 2.31 bits per heavy atom. The van der Waals surface area contributed by atoms with Crippen LogP contribution in [-0.2, 0) is 0 Å². The second-order valence-corrected chi connectivity index (χ2v) is 3.69. The van der Waals surface area contributed by atoms with Crippen molar-refractivity contribution in [3.8, 4) is 0 Å². The summed E-state index contributed by atoms with van der Waals surface area (Å²) < 4.78 is 26.7. The van der Waals surface area contributed by atoms with Crippen LogP contribution in [0.15, 0.2) is 24.8 Å². The molecule has 0 radical (unpaired) electrons. The van der Waals surface area contributed by atoms with Crippen LogP contribution in [0, 0.1) is 11.6 Å². The van der Waals surface area contributed by atoms with E-state index < -0.39 is 17.7 Å². The van der Waals surface area contributed by atoms with Crippen molar-refractivity contribution in [2.24, 2.45) is 5.73 Å². The number of hydrogen-bond donors (Lipinski definition) is 1. The lowest BCUT2D eigenvalue weighted by molar-refractivity contribution is 0.514. The van der Waals surface area contributed by atoms with Crippen LogP contribution in [0.5, 0.6) is 0 Å². The van der Waals surface area contributed by atoms with E-state index in [0.717, 1.165) is 12.1 Å². The quantitative estimate of drug-likeness (QED) is 0.820. The molecule has 2 N–H and O–H groups in total. The standard InChI is InChI=1S/C11H12ClF2N.ClH/c1-2-3-4-10(15)11-8(13)5-7(12)6-9(11)14;/h2,5-6,10H,1,3-4,15H2;1H/t10-;/m1./s1. The zero-order chi connectivity index (χ0) is 11.4. The maximum atomic E-state index is 13.4. The molecule has 5 heteroatoms. The fourth-order valence-electron chi connectivity index (χ4n) is 1.35. The molecule has 1 aromatic rings. The van der Waals surface area contributed by atoms with Gasteiger partial charge < -0.3 is 5.73 Å². The Bertz CT molecular complexity index is 346. The van der Waals surface area contributed by atoms with Crippen molar-refractivity contribution in [3.63, 3.8) is 0 Å². The third-order valence-corrected chi connectivity index (χ3v) is 2.31. The van der Waals surface area contributed by atoms with Gasteiger partial charge in [0.15, 0.2) is 0 Å². The van der Waals surface area contributed by atoms with Crippen LogP contribution in [0.4, 0.5) is 8.78 Å². The predicted molar refractivity (Wildman–Crippen MR) is 65.0 cm³/mol. The van der Waals surface area contributed by atoms with Crippen molar-refractivity contribution in [3.05, 3.63) is 47.0 Å². The second kappa shape index (κ2) is 6.84. The van der Waals surface area contributed by atoms with Crippen LogP contribution < -0.4 is 5.73 Å². The van der Waals surface area contributed by atoms with Crippen molar-refractivity contribution in [1.29, 1.82) is 0 Å². The first-order valence-corrected chi connectivity index (χ1v) is 4.95. The molecular formula is C11H13Cl2F2N. The average Bonchev–Trinajstić information content (AvgIpc) is 2.12. The molecule has 0 heterocycles. The number of hydrogen-bond acceptors (Lipinski definition) is 1. The van der Waals surface area contributed by atoms with Gasteiger partial charge in [0.25, 0.3) is 0 Å². The largest absolute Gasteiger partial charge is 0.324 e. The maximum absolute atomic E-state index is 13.4. The van der Waals surface area contributed by atoms with Gasteiger partial charge in [0.1, 0.15) is 11.6 Å². The Labute approximate surface area is 105 Å². The van der Waals surface area contributed by atoms with Gasteiger partial charge in [-0.15, -0.1) is 19.0 Å². The summed E-state index contributed by atoms with van der Waals surface area (Å²) in [5, 5.41) is 0.0321. The van der Waals surface area contributed by atoms with Crippen molar-refractivity contribution in [2.45, 2.75) is 18.9 Å². The number of nitrogens with two attached hydrogens (primary N) is 1. The fraction of sp³-hybridized carbons (Fsp3) is 0.273. The third kappa shape index (κ3) is 3.74. The molecule has 0 fully saturated rings. The highest BCUT2D eigenvalue weighted by Gasteiger charge is 2.16. The molecule has 1 aromatic carbocycles. The van der Waals surface area contributed by atoms with Gasteiger partial charge in [0, 0.05) is 16.6 Å². The summed E-state index contributed by atoms with van der Waals surface area (Å²) in [5.74, 6) is -1.40. The molecule has 0 aromatic heterocycles. The summed E-state index contributed by atoms with van der Waals surface area (Å²) >= 11 is 5.49. The van der Waals surface area contributed by atoms with E-state index in [1.807, 2.05) is 0 Å². The maximum Gasteiger partial charge on any atom is 0.132 e. The highest BCUT2D eigenvalue weighted by Crippen LogP contribution is 2.25. The molecule has 0 saturated carbocycles. The number of benzene rings is 1. The van der Waals surface area contributed by atoms with E-state index in [1.165, 1.54) is 0 Å². The monoisotopic (exact) mass is 267 g/mol. The van der Waals surface area contributed by atoms with Gasteiger partial charge in [0.05, 0.1) is 0 Å². The Kier molecular flexibility index (Phi) is 6.56. The lowest BCUT2D eigenvalue weighted by atomic mass is 10.0. The van der Waals surface area contributed by atoms with Gasteiger partial charge in [-0.2, -0.15) is 0 Å². The van der Waals surface area contributed by atoms with Crippen molar-refractivity contribution in [1.82, 2.24) is 0 Å². The van der Waals surface area contributed by atoms with E-state index in [1.54, 1.807) is 6.08 Å². The Morgan fingerprint density at radius 2 is 1.88 bits per heavy atom. The molecule has 0 spiro atoms. The van der Waals surface area contributed by atoms with E-state index in [9.17, 15) is 8.78 Å². The van der Waals surface area contributed by atoms with Crippen LogP contribution in [-0.4, -0.2) is 0 Å². The minimum atomic E-state index is -0.698. The third-order valence-electron chi connectivity index (χ3n) is 2.10. The van der Waals surface area contributed by atoms with Crippen molar-refractivity contribution >= 4 is 24.0 Å². The summed E-state index contributed by atoms with van der Waals surface area (Å²) in [6.07, 6.45) is 2.73.